The second-order valence-electron chi connectivity index (χ2n) is 12.6. The normalized spacial score (nSPS) is 13.0. The summed E-state index contributed by atoms with van der Waals surface area (Å²) in [7, 11) is 0. The summed E-state index contributed by atoms with van der Waals surface area (Å²) in [6, 6.07) is 0. The van der Waals surface area contributed by atoms with E-state index in [0.29, 0.717) is 12.8 Å². The molecule has 1 N–H and O–H groups in total. The van der Waals surface area contributed by atoms with Gasteiger partial charge in [0.15, 0.2) is 6.10 Å². The number of hydrogen-bond acceptors (Lipinski definition) is 5. The van der Waals surface area contributed by atoms with Crippen LogP contribution in [0.25, 0.3) is 0 Å². The lowest BCUT2D eigenvalue weighted by atomic mass is 10.0. The summed E-state index contributed by atoms with van der Waals surface area (Å²) in [4.78, 5) is 24.2. The Kier molecular flexibility index (Phi) is 36.6. The van der Waals surface area contributed by atoms with Crippen molar-refractivity contribution in [2.45, 2.75) is 174 Å². The van der Waals surface area contributed by atoms with Gasteiger partial charge < -0.3 is 14.6 Å². The van der Waals surface area contributed by atoms with Crippen molar-refractivity contribution in [3.8, 4) is 0 Å². The van der Waals surface area contributed by atoms with E-state index in [1.165, 1.54) is 77.0 Å². The maximum absolute atomic E-state index is 12.1. The first kappa shape index (κ1) is 45.3. The fraction of sp³-hybridized carbons (Fsp3) is 0.674. The third kappa shape index (κ3) is 36.2. The van der Waals surface area contributed by atoms with Crippen molar-refractivity contribution in [1.29, 1.82) is 0 Å². The van der Waals surface area contributed by atoms with Crippen LogP contribution >= 0.6 is 0 Å². The molecule has 0 unspecified atom stereocenters. The molecule has 0 spiro atoms. The lowest BCUT2D eigenvalue weighted by molar-refractivity contribution is -0.161. The minimum absolute atomic E-state index is 0.0975. The first-order chi connectivity index (χ1) is 23.6. The van der Waals surface area contributed by atoms with Crippen molar-refractivity contribution in [1.82, 2.24) is 0 Å². The smallest absolute Gasteiger partial charge is 0.306 e. The van der Waals surface area contributed by atoms with Crippen LogP contribution < -0.4 is 0 Å². The zero-order valence-electron chi connectivity index (χ0n) is 31.0. The van der Waals surface area contributed by atoms with Gasteiger partial charge in [-0.1, -0.05) is 177 Å². The topological polar surface area (TPSA) is 72.8 Å². The number of esters is 2. The number of allylic oxidation sites excluding steroid dienone is 12. The van der Waals surface area contributed by atoms with Crippen molar-refractivity contribution >= 4 is 11.9 Å². The van der Waals surface area contributed by atoms with Crippen LogP contribution in [-0.4, -0.2) is 36.4 Å². The summed E-state index contributed by atoms with van der Waals surface area (Å²) in [5.41, 5.74) is 0. The van der Waals surface area contributed by atoms with Gasteiger partial charge in [-0.15, -0.1) is 0 Å². The van der Waals surface area contributed by atoms with Gasteiger partial charge in [-0.05, 0) is 51.4 Å². The van der Waals surface area contributed by atoms with Gasteiger partial charge in [0.2, 0.25) is 0 Å². The van der Waals surface area contributed by atoms with Crippen molar-refractivity contribution in [3.05, 3.63) is 72.9 Å². The fourth-order valence-corrected chi connectivity index (χ4v) is 5.11. The Balaban J connectivity index is 3.71. The molecule has 0 rings (SSSR count). The van der Waals surface area contributed by atoms with Crippen LogP contribution in [0.2, 0.25) is 0 Å². The molecule has 5 heteroatoms. The fourth-order valence-electron chi connectivity index (χ4n) is 5.11. The molecule has 0 aliphatic heterocycles. The van der Waals surface area contributed by atoms with Crippen molar-refractivity contribution in [2.24, 2.45) is 0 Å². The number of aliphatic hydroxyl groups excluding tert-OH is 1. The predicted molar refractivity (Wildman–Crippen MR) is 205 cm³/mol. The van der Waals surface area contributed by atoms with Crippen molar-refractivity contribution < 1.29 is 24.2 Å². The summed E-state index contributed by atoms with van der Waals surface area (Å²) in [6.07, 6.45) is 51.1. The molecule has 0 aromatic heterocycles. The molecule has 0 saturated carbocycles. The molecule has 0 heterocycles. The Morgan fingerprint density at radius 1 is 0.500 bits per heavy atom. The Morgan fingerprint density at radius 2 is 0.896 bits per heavy atom. The maximum atomic E-state index is 12.1. The monoisotopic (exact) mass is 669 g/mol. The zero-order valence-corrected chi connectivity index (χ0v) is 31.0. The molecule has 274 valence electrons. The molecule has 1 atom stereocenters. The van der Waals surface area contributed by atoms with E-state index in [2.05, 4.69) is 74.6 Å². The van der Waals surface area contributed by atoms with Gasteiger partial charge >= 0.3 is 11.9 Å². The average molecular weight is 669 g/mol. The van der Waals surface area contributed by atoms with Crippen LogP contribution in [0.3, 0.4) is 0 Å². The van der Waals surface area contributed by atoms with Gasteiger partial charge in [-0.2, -0.15) is 0 Å². The molecule has 5 nitrogen and oxygen atoms in total. The Labute approximate surface area is 295 Å². The SMILES string of the molecule is CCC=CCC=CCC=CCC=CCC=CCC=CCCC(=O)O[C@@H](CO)COC(=O)CCCCCCCCCCCCCCCCC. The molecule has 0 fully saturated rings. The van der Waals surface area contributed by atoms with E-state index in [9.17, 15) is 14.7 Å². The number of carbonyl (C=O) groups is 2. The molecule has 0 bridgehead atoms. The van der Waals surface area contributed by atoms with Crippen LogP contribution in [0.1, 0.15) is 168 Å². The van der Waals surface area contributed by atoms with Crippen LogP contribution in [0.5, 0.6) is 0 Å². The highest BCUT2D eigenvalue weighted by Crippen LogP contribution is 2.14. The summed E-state index contributed by atoms with van der Waals surface area (Å²) < 4.78 is 10.5. The number of ether oxygens (including phenoxy) is 2. The van der Waals surface area contributed by atoms with E-state index in [0.717, 1.165) is 57.8 Å². The standard InChI is InChI=1S/C43H72O5/c1-3-5-7-9-11-13-15-17-19-20-21-22-24-26-28-30-32-34-36-38-43(46)48-41(39-44)40-47-42(45)37-35-33-31-29-27-25-23-18-16-14-12-10-8-6-4-2/h5,7,11,13,17,19,21-22,26,28,32,34,41,44H,3-4,6,8-10,12,14-16,18,20,23-25,27,29-31,33,35-40H2,1-2H3/t41-/m0/s1. The molecule has 0 saturated heterocycles. The van der Waals surface area contributed by atoms with Crippen LogP contribution in [0.15, 0.2) is 72.9 Å². The molecular weight excluding hydrogens is 596 g/mol. The van der Waals surface area contributed by atoms with E-state index in [4.69, 9.17) is 9.47 Å². The molecule has 0 aromatic rings. The van der Waals surface area contributed by atoms with E-state index < -0.39 is 12.1 Å². The summed E-state index contributed by atoms with van der Waals surface area (Å²) in [5.74, 6) is -0.691. The predicted octanol–water partition coefficient (Wildman–Crippen LogP) is 12.2. The number of unbranched alkanes of at least 4 members (excludes halogenated alkanes) is 14. The zero-order chi connectivity index (χ0) is 35.0. The number of hydrogen-bond donors (Lipinski definition) is 1. The summed E-state index contributed by atoms with van der Waals surface area (Å²) in [5, 5.41) is 9.54. The molecule has 0 aromatic carbocycles. The number of carbonyl (C=O) groups excluding carboxylic acids is 2. The highest BCUT2D eigenvalue weighted by atomic mass is 16.6. The minimum atomic E-state index is -0.812. The summed E-state index contributed by atoms with van der Waals surface area (Å²) >= 11 is 0. The van der Waals surface area contributed by atoms with Gasteiger partial charge in [0, 0.05) is 12.8 Å². The van der Waals surface area contributed by atoms with Gasteiger partial charge in [0.1, 0.15) is 6.61 Å². The quantitative estimate of drug-likeness (QED) is 0.0420. The highest BCUT2D eigenvalue weighted by molar-refractivity contribution is 5.70. The van der Waals surface area contributed by atoms with E-state index in [1.807, 2.05) is 12.2 Å². The maximum Gasteiger partial charge on any atom is 0.306 e. The lowest BCUT2D eigenvalue weighted by Gasteiger charge is -2.15. The third-order valence-electron chi connectivity index (χ3n) is 8.03. The second-order valence-corrected chi connectivity index (χ2v) is 12.6. The van der Waals surface area contributed by atoms with Crippen LogP contribution in [0, 0.1) is 0 Å². The van der Waals surface area contributed by atoms with E-state index in [1.54, 1.807) is 0 Å². The lowest BCUT2D eigenvalue weighted by Crippen LogP contribution is -2.28. The first-order valence-electron chi connectivity index (χ1n) is 19.5. The molecule has 0 radical (unpaired) electrons. The van der Waals surface area contributed by atoms with Crippen LogP contribution in [-0.2, 0) is 19.1 Å². The minimum Gasteiger partial charge on any atom is -0.462 e. The average Bonchev–Trinajstić information content (AvgIpc) is 3.09. The van der Waals surface area contributed by atoms with Gasteiger partial charge in [0.25, 0.3) is 0 Å². The number of rotatable bonds is 34. The molecule has 0 aliphatic rings. The third-order valence-corrected chi connectivity index (χ3v) is 8.03. The van der Waals surface area contributed by atoms with Gasteiger partial charge in [0.05, 0.1) is 6.61 Å². The van der Waals surface area contributed by atoms with Crippen LogP contribution in [0.4, 0.5) is 0 Å². The highest BCUT2D eigenvalue weighted by Gasteiger charge is 2.15. The molecule has 48 heavy (non-hydrogen) atoms. The van der Waals surface area contributed by atoms with E-state index in [-0.39, 0.29) is 25.6 Å². The summed E-state index contributed by atoms with van der Waals surface area (Å²) in [6.45, 7) is 3.95. The van der Waals surface area contributed by atoms with Gasteiger partial charge in [-0.3, -0.25) is 9.59 Å². The Morgan fingerprint density at radius 3 is 1.31 bits per heavy atom. The molecule has 0 aliphatic carbocycles. The van der Waals surface area contributed by atoms with Gasteiger partial charge in [-0.25, -0.2) is 0 Å². The Bertz CT molecular complexity index is 895. The molecule has 0 amide bonds. The van der Waals surface area contributed by atoms with Crippen molar-refractivity contribution in [3.63, 3.8) is 0 Å². The Hall–Kier alpha value is -2.66. The largest absolute Gasteiger partial charge is 0.462 e. The van der Waals surface area contributed by atoms with Crippen molar-refractivity contribution in [2.75, 3.05) is 13.2 Å². The molecular formula is C43H72O5. The number of aliphatic hydroxyl groups is 1. The first-order valence-corrected chi connectivity index (χ1v) is 19.5. The second kappa shape index (κ2) is 38.8. The van der Waals surface area contributed by atoms with E-state index >= 15 is 0 Å².